The van der Waals surface area contributed by atoms with E-state index in [4.69, 9.17) is 0 Å². The van der Waals surface area contributed by atoms with Gasteiger partial charge < -0.3 is 10.2 Å². The summed E-state index contributed by atoms with van der Waals surface area (Å²) in [6, 6.07) is 16.6. The first-order chi connectivity index (χ1) is 10.6. The molecule has 1 N–H and O–H groups in total. The molecule has 1 heterocycles. The number of amides is 2. The highest BCUT2D eigenvalue weighted by molar-refractivity contribution is 5.89. The molecule has 0 bridgehead atoms. The molecule has 3 rings (SSSR count). The average Bonchev–Trinajstić information content (AvgIpc) is 2.99. The number of anilines is 1. The van der Waals surface area contributed by atoms with Gasteiger partial charge in [0.05, 0.1) is 6.04 Å². The van der Waals surface area contributed by atoms with Crippen LogP contribution in [-0.2, 0) is 0 Å². The molecule has 2 aromatic rings. The quantitative estimate of drug-likeness (QED) is 0.857. The largest absolute Gasteiger partial charge is 0.322 e. The van der Waals surface area contributed by atoms with Crippen LogP contribution in [0.1, 0.15) is 35.6 Å². The lowest BCUT2D eigenvalue weighted by molar-refractivity contribution is 0.207. The maximum absolute atomic E-state index is 12.6. The van der Waals surface area contributed by atoms with Crippen LogP contribution in [0.25, 0.3) is 0 Å². The van der Waals surface area contributed by atoms with Crippen molar-refractivity contribution >= 4 is 11.7 Å². The first kappa shape index (κ1) is 14.6. The third-order valence-electron chi connectivity index (χ3n) is 4.24. The van der Waals surface area contributed by atoms with Gasteiger partial charge in [-0.05, 0) is 44.4 Å². The van der Waals surface area contributed by atoms with E-state index in [9.17, 15) is 4.79 Å². The van der Waals surface area contributed by atoms with Crippen LogP contribution < -0.4 is 5.32 Å². The summed E-state index contributed by atoms with van der Waals surface area (Å²) in [5, 5.41) is 3.01. The molecule has 0 radical (unpaired) electrons. The van der Waals surface area contributed by atoms with Crippen molar-refractivity contribution in [1.82, 2.24) is 4.90 Å². The summed E-state index contributed by atoms with van der Waals surface area (Å²) >= 11 is 0. The molecular weight excluding hydrogens is 272 g/mol. The first-order valence-corrected chi connectivity index (χ1v) is 7.84. The second-order valence-electron chi connectivity index (χ2n) is 6.06. The van der Waals surface area contributed by atoms with Gasteiger partial charge in [0.1, 0.15) is 0 Å². The number of nitrogens with zero attached hydrogens (tertiary/aromatic N) is 1. The molecule has 0 saturated carbocycles. The highest BCUT2D eigenvalue weighted by atomic mass is 16.2. The van der Waals surface area contributed by atoms with E-state index in [2.05, 4.69) is 36.5 Å². The summed E-state index contributed by atoms with van der Waals surface area (Å²) in [6.07, 6.45) is 2.09. The highest BCUT2D eigenvalue weighted by Crippen LogP contribution is 2.32. The number of nitrogens with one attached hydrogen (secondary N) is 1. The smallest absolute Gasteiger partial charge is 0.317 e. The third-order valence-corrected chi connectivity index (χ3v) is 4.24. The van der Waals surface area contributed by atoms with Gasteiger partial charge in [-0.2, -0.15) is 0 Å². The Bertz CT molecular complexity index is 663. The van der Waals surface area contributed by atoms with Crippen LogP contribution in [0.4, 0.5) is 10.5 Å². The van der Waals surface area contributed by atoms with Gasteiger partial charge in [-0.15, -0.1) is 0 Å². The van der Waals surface area contributed by atoms with Crippen LogP contribution in [0.15, 0.2) is 48.5 Å². The number of carbonyl (C=O) groups is 1. The number of likely N-dealkylation sites (tertiary alicyclic amines) is 1. The first-order valence-electron chi connectivity index (χ1n) is 7.84. The second kappa shape index (κ2) is 6.22. The minimum atomic E-state index is -0.00661. The minimum absolute atomic E-state index is 0.00661. The zero-order valence-electron chi connectivity index (χ0n) is 13.2. The van der Waals surface area contributed by atoms with Gasteiger partial charge in [0, 0.05) is 12.2 Å². The lowest BCUT2D eigenvalue weighted by Gasteiger charge is -2.25. The van der Waals surface area contributed by atoms with Gasteiger partial charge >= 0.3 is 6.03 Å². The number of rotatable bonds is 2. The summed E-state index contributed by atoms with van der Waals surface area (Å²) in [7, 11) is 0. The summed E-state index contributed by atoms with van der Waals surface area (Å²) in [6.45, 7) is 4.95. The molecule has 1 aliphatic rings. The molecule has 22 heavy (non-hydrogen) atoms. The molecule has 1 saturated heterocycles. The van der Waals surface area contributed by atoms with Crippen LogP contribution in [0.2, 0.25) is 0 Å². The fraction of sp³-hybridized carbons (Fsp3) is 0.316. The lowest BCUT2D eigenvalue weighted by atomic mass is 10.0. The van der Waals surface area contributed by atoms with Crippen molar-refractivity contribution in [3.63, 3.8) is 0 Å². The molecule has 0 unspecified atom stereocenters. The predicted molar refractivity (Wildman–Crippen MR) is 90.1 cm³/mol. The molecule has 2 amide bonds. The van der Waals surface area contributed by atoms with Gasteiger partial charge in [0.15, 0.2) is 0 Å². The molecule has 114 valence electrons. The molecule has 3 nitrogen and oxygen atoms in total. The van der Waals surface area contributed by atoms with Crippen molar-refractivity contribution in [3.05, 3.63) is 65.2 Å². The maximum Gasteiger partial charge on any atom is 0.322 e. The Morgan fingerprint density at radius 3 is 2.59 bits per heavy atom. The van der Waals surface area contributed by atoms with Gasteiger partial charge in [-0.1, -0.05) is 47.5 Å². The maximum atomic E-state index is 12.6. The van der Waals surface area contributed by atoms with Crippen LogP contribution in [0.3, 0.4) is 0 Å². The molecule has 1 aliphatic heterocycles. The van der Waals surface area contributed by atoms with E-state index in [-0.39, 0.29) is 12.1 Å². The van der Waals surface area contributed by atoms with Crippen molar-refractivity contribution in [2.75, 3.05) is 11.9 Å². The third kappa shape index (κ3) is 3.14. The van der Waals surface area contributed by atoms with Crippen LogP contribution >= 0.6 is 0 Å². The molecule has 0 aromatic heterocycles. The SMILES string of the molecule is Cc1ccc(NC(=O)N2CCC[C@H]2c2cccc(C)c2)cc1. The standard InChI is InChI=1S/C19H22N2O/c1-14-8-10-17(11-9-14)20-19(22)21-12-4-7-18(21)16-6-3-5-15(2)13-16/h3,5-6,8-11,13,18H,4,7,12H2,1-2H3,(H,20,22)/t18-/m0/s1. The zero-order chi connectivity index (χ0) is 15.5. The van der Waals surface area contributed by atoms with E-state index in [0.29, 0.717) is 0 Å². The van der Waals surface area contributed by atoms with Crippen molar-refractivity contribution in [2.24, 2.45) is 0 Å². The fourth-order valence-electron chi connectivity index (χ4n) is 3.07. The molecule has 1 fully saturated rings. The molecule has 1 atom stereocenters. The van der Waals surface area contributed by atoms with Crippen molar-refractivity contribution < 1.29 is 4.79 Å². The Balaban J connectivity index is 1.75. The molecular formula is C19H22N2O. The van der Waals surface area contributed by atoms with E-state index in [1.165, 1.54) is 16.7 Å². The second-order valence-corrected chi connectivity index (χ2v) is 6.06. The van der Waals surface area contributed by atoms with E-state index in [0.717, 1.165) is 25.1 Å². The molecule has 0 aliphatic carbocycles. The Hall–Kier alpha value is -2.29. The fourth-order valence-corrected chi connectivity index (χ4v) is 3.07. The number of hydrogen-bond acceptors (Lipinski definition) is 1. The Labute approximate surface area is 132 Å². The summed E-state index contributed by atoms with van der Waals surface area (Å²) in [4.78, 5) is 14.5. The van der Waals surface area contributed by atoms with Crippen LogP contribution in [0, 0.1) is 13.8 Å². The van der Waals surface area contributed by atoms with E-state index < -0.39 is 0 Å². The summed E-state index contributed by atoms with van der Waals surface area (Å²) in [5.41, 5.74) is 4.52. The monoisotopic (exact) mass is 294 g/mol. The van der Waals surface area contributed by atoms with Crippen molar-refractivity contribution in [3.8, 4) is 0 Å². The van der Waals surface area contributed by atoms with Crippen LogP contribution in [-0.4, -0.2) is 17.5 Å². The Morgan fingerprint density at radius 1 is 1.09 bits per heavy atom. The lowest BCUT2D eigenvalue weighted by Crippen LogP contribution is -2.34. The summed E-state index contributed by atoms with van der Waals surface area (Å²) in [5.74, 6) is 0. The molecule has 2 aromatic carbocycles. The van der Waals surface area contributed by atoms with Crippen molar-refractivity contribution in [2.45, 2.75) is 32.7 Å². The normalized spacial score (nSPS) is 17.5. The van der Waals surface area contributed by atoms with E-state index >= 15 is 0 Å². The Kier molecular flexibility index (Phi) is 4.14. The minimum Gasteiger partial charge on any atom is -0.317 e. The van der Waals surface area contributed by atoms with Gasteiger partial charge in [-0.3, -0.25) is 0 Å². The molecule has 3 heteroatoms. The highest BCUT2D eigenvalue weighted by Gasteiger charge is 2.29. The number of carbonyl (C=O) groups excluding carboxylic acids is 1. The zero-order valence-corrected chi connectivity index (χ0v) is 13.2. The van der Waals surface area contributed by atoms with E-state index in [1.807, 2.05) is 36.1 Å². The number of benzene rings is 2. The van der Waals surface area contributed by atoms with Gasteiger partial charge in [0.25, 0.3) is 0 Å². The van der Waals surface area contributed by atoms with Crippen molar-refractivity contribution in [1.29, 1.82) is 0 Å². The summed E-state index contributed by atoms with van der Waals surface area (Å²) < 4.78 is 0. The molecule has 0 spiro atoms. The van der Waals surface area contributed by atoms with Gasteiger partial charge in [0.2, 0.25) is 0 Å². The average molecular weight is 294 g/mol. The Morgan fingerprint density at radius 2 is 1.86 bits per heavy atom. The number of urea groups is 1. The number of aryl methyl sites for hydroxylation is 2. The predicted octanol–water partition coefficient (Wildman–Crippen LogP) is 4.67. The number of hydrogen-bond donors (Lipinski definition) is 1. The van der Waals surface area contributed by atoms with E-state index in [1.54, 1.807) is 0 Å². The topological polar surface area (TPSA) is 32.3 Å². The van der Waals surface area contributed by atoms with Gasteiger partial charge in [-0.25, -0.2) is 4.79 Å². The van der Waals surface area contributed by atoms with Crippen LogP contribution in [0.5, 0.6) is 0 Å².